The summed E-state index contributed by atoms with van der Waals surface area (Å²) in [7, 11) is 1.68. The number of aromatic nitrogens is 1. The number of carbonyl (C=O) groups excluding carboxylic acids is 2. The van der Waals surface area contributed by atoms with Gasteiger partial charge in [-0.05, 0) is 18.6 Å². The fraction of sp³-hybridized carbons (Fsp3) is 0.417. The van der Waals surface area contributed by atoms with Crippen molar-refractivity contribution in [3.8, 4) is 0 Å². The summed E-state index contributed by atoms with van der Waals surface area (Å²) in [6.07, 6.45) is 1.55. The maximum absolute atomic E-state index is 11.7. The van der Waals surface area contributed by atoms with E-state index >= 15 is 0 Å². The molecule has 0 bridgehead atoms. The molecule has 0 aromatic carbocycles. The average molecular weight is 250 g/mol. The lowest BCUT2D eigenvalue weighted by molar-refractivity contribution is -0.128. The van der Waals surface area contributed by atoms with Crippen LogP contribution >= 0.6 is 0 Å². The number of hydrogen-bond acceptors (Lipinski definition) is 4. The third kappa shape index (κ3) is 3.81. The van der Waals surface area contributed by atoms with Gasteiger partial charge in [0.05, 0.1) is 6.54 Å². The molecule has 1 heterocycles. The summed E-state index contributed by atoms with van der Waals surface area (Å²) in [5, 5.41) is 2.53. The zero-order chi connectivity index (χ0) is 13.5. The van der Waals surface area contributed by atoms with Gasteiger partial charge >= 0.3 is 0 Å². The Bertz CT molecular complexity index is 417. The second-order valence-corrected chi connectivity index (χ2v) is 3.85. The molecule has 1 rings (SSSR count). The summed E-state index contributed by atoms with van der Waals surface area (Å²) in [5.74, 6) is -0.499. The van der Waals surface area contributed by atoms with Crippen LogP contribution in [0.1, 0.15) is 23.0 Å². The van der Waals surface area contributed by atoms with Crippen LogP contribution in [0, 0.1) is 0 Å². The van der Waals surface area contributed by atoms with Crippen LogP contribution in [-0.2, 0) is 11.3 Å². The largest absolute Gasteiger partial charge is 0.345 e. The Kier molecular flexibility index (Phi) is 5.26. The smallest absolute Gasteiger partial charge is 0.270 e. The van der Waals surface area contributed by atoms with Crippen molar-refractivity contribution in [3.63, 3.8) is 0 Å². The fourth-order valence-electron chi connectivity index (χ4n) is 1.24. The van der Waals surface area contributed by atoms with E-state index in [4.69, 9.17) is 5.73 Å². The lowest BCUT2D eigenvalue weighted by atomic mass is 10.2. The van der Waals surface area contributed by atoms with Crippen LogP contribution in [0.15, 0.2) is 18.3 Å². The highest BCUT2D eigenvalue weighted by Crippen LogP contribution is 1.99. The third-order valence-electron chi connectivity index (χ3n) is 2.59. The Hall–Kier alpha value is -1.95. The molecule has 3 N–H and O–H groups in total. The first-order valence-electron chi connectivity index (χ1n) is 5.75. The van der Waals surface area contributed by atoms with E-state index in [9.17, 15) is 9.59 Å². The van der Waals surface area contributed by atoms with E-state index in [1.165, 1.54) is 4.90 Å². The van der Waals surface area contributed by atoms with E-state index in [2.05, 4.69) is 10.3 Å². The number of hydrogen-bond donors (Lipinski definition) is 2. The van der Waals surface area contributed by atoms with Gasteiger partial charge in [-0.15, -0.1) is 0 Å². The molecule has 0 radical (unpaired) electrons. The molecule has 0 saturated carbocycles. The van der Waals surface area contributed by atoms with Crippen LogP contribution in [-0.4, -0.2) is 41.8 Å². The highest BCUT2D eigenvalue weighted by molar-refractivity contribution is 5.94. The van der Waals surface area contributed by atoms with Crippen molar-refractivity contribution in [1.82, 2.24) is 15.2 Å². The number of nitrogens with two attached hydrogens (primary N) is 1. The molecule has 0 atom stereocenters. The monoisotopic (exact) mass is 250 g/mol. The number of nitrogens with zero attached hydrogens (tertiary/aromatic N) is 2. The van der Waals surface area contributed by atoms with Gasteiger partial charge in [-0.2, -0.15) is 0 Å². The quantitative estimate of drug-likeness (QED) is 0.754. The number of pyridine rings is 1. The third-order valence-corrected chi connectivity index (χ3v) is 2.59. The van der Waals surface area contributed by atoms with E-state index in [1.54, 1.807) is 25.4 Å². The van der Waals surface area contributed by atoms with E-state index < -0.39 is 0 Å². The molecule has 0 aliphatic heterocycles. The minimum absolute atomic E-state index is 0.0243. The van der Waals surface area contributed by atoms with Gasteiger partial charge in [-0.1, -0.05) is 6.07 Å². The first-order chi connectivity index (χ1) is 8.58. The van der Waals surface area contributed by atoms with E-state index in [-0.39, 0.29) is 24.1 Å². The molecule has 0 spiro atoms. The van der Waals surface area contributed by atoms with Crippen LogP contribution in [0.5, 0.6) is 0 Å². The second-order valence-electron chi connectivity index (χ2n) is 3.85. The summed E-state index contributed by atoms with van der Waals surface area (Å²) in [6, 6.07) is 3.33. The summed E-state index contributed by atoms with van der Waals surface area (Å²) < 4.78 is 0. The van der Waals surface area contributed by atoms with Crippen LogP contribution < -0.4 is 11.1 Å². The Labute approximate surface area is 106 Å². The Morgan fingerprint density at radius 1 is 1.44 bits per heavy atom. The first-order valence-corrected chi connectivity index (χ1v) is 5.75. The predicted molar refractivity (Wildman–Crippen MR) is 67.8 cm³/mol. The lowest BCUT2D eigenvalue weighted by Gasteiger charge is -2.14. The highest BCUT2D eigenvalue weighted by atomic mass is 16.2. The molecule has 1 aromatic heterocycles. The Balaban J connectivity index is 2.52. The topological polar surface area (TPSA) is 88.3 Å². The zero-order valence-corrected chi connectivity index (χ0v) is 10.6. The van der Waals surface area contributed by atoms with Gasteiger partial charge in [0.2, 0.25) is 5.91 Å². The van der Waals surface area contributed by atoms with Gasteiger partial charge in [0.25, 0.3) is 5.91 Å². The second kappa shape index (κ2) is 6.70. The van der Waals surface area contributed by atoms with E-state index in [1.807, 2.05) is 6.92 Å². The molecule has 0 aliphatic carbocycles. The maximum Gasteiger partial charge on any atom is 0.270 e. The van der Waals surface area contributed by atoms with Gasteiger partial charge in [0.15, 0.2) is 0 Å². The summed E-state index contributed by atoms with van der Waals surface area (Å²) in [6.45, 7) is 2.84. The molecule has 2 amide bonds. The van der Waals surface area contributed by atoms with Crippen LogP contribution in [0.2, 0.25) is 0 Å². The van der Waals surface area contributed by atoms with E-state index in [0.29, 0.717) is 13.1 Å². The average Bonchev–Trinajstić information content (AvgIpc) is 2.43. The normalized spacial score (nSPS) is 9.94. The van der Waals surface area contributed by atoms with E-state index in [0.717, 1.165) is 5.56 Å². The van der Waals surface area contributed by atoms with Crippen molar-refractivity contribution in [2.45, 2.75) is 13.5 Å². The predicted octanol–water partition coefficient (Wildman–Crippen LogP) is -0.252. The van der Waals surface area contributed by atoms with Crippen molar-refractivity contribution in [1.29, 1.82) is 0 Å². The number of amides is 2. The molecular formula is C12H18N4O2. The lowest BCUT2D eigenvalue weighted by Crippen LogP contribution is -2.38. The summed E-state index contributed by atoms with van der Waals surface area (Å²) in [4.78, 5) is 28.7. The molecule has 6 nitrogen and oxygen atoms in total. The van der Waals surface area contributed by atoms with Gasteiger partial charge in [0, 0.05) is 26.3 Å². The van der Waals surface area contributed by atoms with Crippen LogP contribution in [0.3, 0.4) is 0 Å². The molecule has 0 aliphatic rings. The highest BCUT2D eigenvalue weighted by Gasteiger charge is 2.11. The SMILES string of the molecule is CCN(C)C(=O)CNC(=O)c1ccc(CN)cn1. The van der Waals surface area contributed by atoms with Gasteiger partial charge in [0.1, 0.15) is 5.69 Å². The molecule has 0 unspecified atom stereocenters. The fourth-order valence-corrected chi connectivity index (χ4v) is 1.24. The van der Waals surface area contributed by atoms with Crippen molar-refractivity contribution >= 4 is 11.8 Å². The van der Waals surface area contributed by atoms with Crippen molar-refractivity contribution in [3.05, 3.63) is 29.6 Å². The first kappa shape index (κ1) is 14.1. The van der Waals surface area contributed by atoms with Crippen LogP contribution in [0.25, 0.3) is 0 Å². The molecule has 1 aromatic rings. The number of likely N-dealkylation sites (N-methyl/N-ethyl adjacent to an activating group) is 1. The molecular weight excluding hydrogens is 232 g/mol. The standard InChI is InChI=1S/C12H18N4O2/c1-3-16(2)11(17)8-15-12(18)10-5-4-9(6-13)7-14-10/h4-5,7H,3,6,8,13H2,1-2H3,(H,15,18). The van der Waals surface area contributed by atoms with Gasteiger partial charge < -0.3 is 16.0 Å². The van der Waals surface area contributed by atoms with Gasteiger partial charge in [-0.25, -0.2) is 0 Å². The van der Waals surface area contributed by atoms with Crippen molar-refractivity contribution in [2.75, 3.05) is 20.1 Å². The Morgan fingerprint density at radius 3 is 2.67 bits per heavy atom. The van der Waals surface area contributed by atoms with Gasteiger partial charge in [-0.3, -0.25) is 14.6 Å². The molecule has 98 valence electrons. The van der Waals surface area contributed by atoms with Crippen LogP contribution in [0.4, 0.5) is 0 Å². The van der Waals surface area contributed by atoms with Crippen molar-refractivity contribution in [2.24, 2.45) is 5.73 Å². The summed E-state index contributed by atoms with van der Waals surface area (Å²) in [5.41, 5.74) is 6.56. The van der Waals surface area contributed by atoms with Crippen molar-refractivity contribution < 1.29 is 9.59 Å². The number of rotatable bonds is 5. The molecule has 0 saturated heterocycles. The number of nitrogens with one attached hydrogen (secondary N) is 1. The summed E-state index contributed by atoms with van der Waals surface area (Å²) >= 11 is 0. The zero-order valence-electron chi connectivity index (χ0n) is 10.6. The minimum atomic E-state index is -0.364. The maximum atomic E-state index is 11.7. The molecule has 6 heteroatoms. The molecule has 0 fully saturated rings. The Morgan fingerprint density at radius 2 is 2.17 bits per heavy atom. The number of carbonyl (C=O) groups is 2. The molecule has 18 heavy (non-hydrogen) atoms. The minimum Gasteiger partial charge on any atom is -0.345 e.